The predicted molar refractivity (Wildman–Crippen MR) is 93.9 cm³/mol. The van der Waals surface area contributed by atoms with Crippen LogP contribution in [0.3, 0.4) is 0 Å². The zero-order chi connectivity index (χ0) is 14.7. The van der Waals surface area contributed by atoms with E-state index in [1.165, 1.54) is 0 Å². The van der Waals surface area contributed by atoms with E-state index in [9.17, 15) is 15.0 Å². The van der Waals surface area contributed by atoms with Crippen molar-refractivity contribution in [3.63, 3.8) is 0 Å². The number of aromatic hydroxyl groups is 1. The number of carbonyl (C=O) groups excluding carboxylic acids is 1. The molecule has 2 rings (SSSR count). The van der Waals surface area contributed by atoms with Crippen LogP contribution < -0.4 is 5.32 Å². The summed E-state index contributed by atoms with van der Waals surface area (Å²) in [5, 5.41) is 22.9. The van der Waals surface area contributed by atoms with Gasteiger partial charge in [0, 0.05) is 3.57 Å². The van der Waals surface area contributed by atoms with Crippen molar-refractivity contribution in [2.75, 3.05) is 0 Å². The van der Waals surface area contributed by atoms with E-state index < -0.39 is 6.10 Å². The summed E-state index contributed by atoms with van der Waals surface area (Å²) in [5.41, 5.74) is 0.276. The Morgan fingerprint density at radius 1 is 1.20 bits per heavy atom. The third-order valence-electron chi connectivity index (χ3n) is 3.57. The molecule has 1 aliphatic rings. The Kier molecular flexibility index (Phi) is 5.91. The first-order valence-electron chi connectivity index (χ1n) is 6.66. The fourth-order valence-electron chi connectivity index (χ4n) is 2.44. The highest BCUT2D eigenvalue weighted by Crippen LogP contribution is 2.27. The highest BCUT2D eigenvalue weighted by molar-refractivity contribution is 14.1. The van der Waals surface area contributed by atoms with Crippen LogP contribution in [0.5, 0.6) is 5.75 Å². The molecular weight excluding hydrogens is 484 g/mol. The van der Waals surface area contributed by atoms with Gasteiger partial charge in [0.15, 0.2) is 0 Å². The number of phenols is 1. The van der Waals surface area contributed by atoms with Gasteiger partial charge < -0.3 is 15.5 Å². The molecule has 1 fully saturated rings. The van der Waals surface area contributed by atoms with Crippen molar-refractivity contribution in [3.05, 3.63) is 24.8 Å². The lowest BCUT2D eigenvalue weighted by Gasteiger charge is -2.22. The third kappa shape index (κ3) is 3.97. The van der Waals surface area contributed by atoms with Crippen molar-refractivity contribution in [1.82, 2.24) is 5.32 Å². The number of nitrogens with one attached hydrogen (secondary N) is 1. The number of benzene rings is 1. The number of hydrogen-bond acceptors (Lipinski definition) is 3. The smallest absolute Gasteiger partial charge is 0.255 e. The zero-order valence-electron chi connectivity index (χ0n) is 10.9. The molecule has 0 heterocycles. The van der Waals surface area contributed by atoms with Crippen LogP contribution in [0.4, 0.5) is 0 Å². The third-order valence-corrected chi connectivity index (χ3v) is 5.01. The number of aliphatic hydroxyl groups is 1. The summed E-state index contributed by atoms with van der Waals surface area (Å²) in [7, 11) is 0. The van der Waals surface area contributed by atoms with Crippen molar-refractivity contribution in [3.8, 4) is 5.75 Å². The van der Waals surface area contributed by atoms with Crippen molar-refractivity contribution in [2.45, 2.75) is 44.2 Å². The van der Waals surface area contributed by atoms with Gasteiger partial charge in [-0.15, -0.1) is 0 Å². The summed E-state index contributed by atoms with van der Waals surface area (Å²) in [6, 6.07) is 3.25. The minimum Gasteiger partial charge on any atom is -0.506 e. The molecule has 0 saturated heterocycles. The first-order valence-corrected chi connectivity index (χ1v) is 8.81. The van der Waals surface area contributed by atoms with E-state index in [1.54, 1.807) is 6.07 Å². The molecule has 110 valence electrons. The summed E-state index contributed by atoms with van der Waals surface area (Å²) in [6.07, 6.45) is 4.12. The van der Waals surface area contributed by atoms with E-state index in [0.717, 1.165) is 35.7 Å². The van der Waals surface area contributed by atoms with Crippen LogP contribution in [-0.4, -0.2) is 28.3 Å². The average molecular weight is 501 g/mol. The number of aliphatic hydroxyl groups excluding tert-OH is 1. The number of rotatable bonds is 2. The Hall–Kier alpha value is -0.0900. The van der Waals surface area contributed by atoms with Crippen LogP contribution in [0.2, 0.25) is 0 Å². The average Bonchev–Trinajstić information content (AvgIpc) is 2.59. The molecule has 4 nitrogen and oxygen atoms in total. The minimum absolute atomic E-state index is 0.00614. The summed E-state index contributed by atoms with van der Waals surface area (Å²) in [4.78, 5) is 12.3. The minimum atomic E-state index is -0.495. The summed E-state index contributed by atoms with van der Waals surface area (Å²) in [5.74, 6) is -0.309. The van der Waals surface area contributed by atoms with Crippen LogP contribution in [0.15, 0.2) is 12.1 Å². The van der Waals surface area contributed by atoms with Crippen molar-refractivity contribution >= 4 is 51.1 Å². The van der Waals surface area contributed by atoms with Gasteiger partial charge in [0.05, 0.1) is 21.3 Å². The maximum Gasteiger partial charge on any atom is 0.255 e. The zero-order valence-corrected chi connectivity index (χ0v) is 15.2. The van der Waals surface area contributed by atoms with E-state index in [-0.39, 0.29) is 23.3 Å². The maximum atomic E-state index is 12.3. The monoisotopic (exact) mass is 501 g/mol. The second kappa shape index (κ2) is 7.26. The highest BCUT2D eigenvalue weighted by Gasteiger charge is 2.25. The predicted octanol–water partition coefficient (Wildman–Crippen LogP) is 3.02. The van der Waals surface area contributed by atoms with Gasteiger partial charge in [-0.25, -0.2) is 0 Å². The molecule has 1 aromatic carbocycles. The maximum absolute atomic E-state index is 12.3. The van der Waals surface area contributed by atoms with Crippen molar-refractivity contribution in [1.29, 1.82) is 0 Å². The van der Waals surface area contributed by atoms with E-state index >= 15 is 0 Å². The molecule has 2 unspecified atom stereocenters. The normalized spacial score (nSPS) is 23.1. The lowest BCUT2D eigenvalue weighted by Crippen LogP contribution is -2.42. The Morgan fingerprint density at radius 3 is 2.65 bits per heavy atom. The van der Waals surface area contributed by atoms with Gasteiger partial charge in [0.1, 0.15) is 5.75 Å². The number of carbonyl (C=O) groups is 1. The van der Waals surface area contributed by atoms with E-state index in [1.807, 2.05) is 28.7 Å². The van der Waals surface area contributed by atoms with Crippen LogP contribution in [-0.2, 0) is 0 Å². The number of hydrogen-bond donors (Lipinski definition) is 3. The Labute approximate surface area is 145 Å². The number of phenolic OH excluding ortho intramolecular Hbond substituents is 1. The number of halogens is 2. The summed E-state index contributed by atoms with van der Waals surface area (Å²) in [6.45, 7) is 0. The molecule has 1 saturated carbocycles. The molecule has 1 amide bonds. The molecule has 0 radical (unpaired) electrons. The van der Waals surface area contributed by atoms with Gasteiger partial charge in [-0.1, -0.05) is 19.3 Å². The Morgan fingerprint density at radius 2 is 1.90 bits per heavy atom. The largest absolute Gasteiger partial charge is 0.506 e. The molecule has 2 atom stereocenters. The van der Waals surface area contributed by atoms with Crippen molar-refractivity contribution < 1.29 is 15.0 Å². The summed E-state index contributed by atoms with van der Waals surface area (Å²) < 4.78 is 1.55. The fraction of sp³-hybridized carbons (Fsp3) is 0.500. The second-order valence-corrected chi connectivity index (χ2v) is 7.48. The molecular formula is C14H17I2NO3. The standard InChI is InChI=1S/C14H17I2NO3/c15-8-6-9(13(19)10(16)7-8)14(20)17-11-4-2-1-3-5-12(11)18/h6-7,11-12,18-19H,1-5H2,(H,17,20). The molecule has 0 aromatic heterocycles. The van der Waals surface area contributed by atoms with Gasteiger partial charge in [0.25, 0.3) is 5.91 Å². The van der Waals surface area contributed by atoms with Gasteiger partial charge >= 0.3 is 0 Å². The first-order chi connectivity index (χ1) is 9.49. The van der Waals surface area contributed by atoms with E-state index in [4.69, 9.17) is 0 Å². The van der Waals surface area contributed by atoms with Gasteiger partial charge in [0.2, 0.25) is 0 Å². The van der Waals surface area contributed by atoms with Crippen LogP contribution >= 0.6 is 45.2 Å². The molecule has 1 aliphatic carbocycles. The topological polar surface area (TPSA) is 69.6 Å². The van der Waals surface area contributed by atoms with Crippen LogP contribution in [0, 0.1) is 7.14 Å². The second-order valence-electron chi connectivity index (χ2n) is 5.07. The quantitative estimate of drug-likeness (QED) is 0.432. The highest BCUT2D eigenvalue weighted by atomic mass is 127. The Balaban J connectivity index is 2.15. The van der Waals surface area contributed by atoms with Gasteiger partial charge in [-0.2, -0.15) is 0 Å². The van der Waals surface area contributed by atoms with Crippen LogP contribution in [0.1, 0.15) is 42.5 Å². The SMILES string of the molecule is O=C(NC1CCCCCC1O)c1cc(I)cc(I)c1O. The molecule has 3 N–H and O–H groups in total. The number of amides is 1. The van der Waals surface area contributed by atoms with E-state index in [0.29, 0.717) is 3.57 Å². The molecule has 6 heteroatoms. The van der Waals surface area contributed by atoms with Gasteiger partial charge in [-0.3, -0.25) is 4.79 Å². The molecule has 20 heavy (non-hydrogen) atoms. The molecule has 0 bridgehead atoms. The first kappa shape index (κ1) is 16.3. The Bertz CT molecular complexity index is 507. The fourth-order valence-corrected chi connectivity index (χ4v) is 4.29. The lowest BCUT2D eigenvalue weighted by molar-refractivity contribution is 0.0816. The molecule has 0 aliphatic heterocycles. The van der Waals surface area contributed by atoms with Crippen molar-refractivity contribution in [2.24, 2.45) is 0 Å². The van der Waals surface area contributed by atoms with E-state index in [2.05, 4.69) is 27.9 Å². The lowest BCUT2D eigenvalue weighted by atomic mass is 10.1. The van der Waals surface area contributed by atoms with Gasteiger partial charge in [-0.05, 0) is 70.2 Å². The molecule has 0 spiro atoms. The summed E-state index contributed by atoms with van der Waals surface area (Å²) >= 11 is 4.12. The van der Waals surface area contributed by atoms with Crippen LogP contribution in [0.25, 0.3) is 0 Å². The molecule has 1 aromatic rings.